The Bertz CT molecular complexity index is 492. The number of hydrogen-bond donors (Lipinski definition) is 0. The maximum absolute atomic E-state index is 11.4. The van der Waals surface area contributed by atoms with E-state index in [-0.39, 0.29) is 18.0 Å². The van der Waals surface area contributed by atoms with E-state index < -0.39 is 0 Å². The van der Waals surface area contributed by atoms with E-state index in [9.17, 15) is 4.79 Å². The van der Waals surface area contributed by atoms with Crippen LogP contribution in [0.4, 0.5) is 0 Å². The minimum absolute atomic E-state index is 0.110. The molecular formula is C15H20ClNO3. The molecule has 0 saturated heterocycles. The second-order valence-corrected chi connectivity index (χ2v) is 5.78. The summed E-state index contributed by atoms with van der Waals surface area (Å²) in [5.41, 5.74) is 1.15. The van der Waals surface area contributed by atoms with E-state index >= 15 is 0 Å². The van der Waals surface area contributed by atoms with Gasteiger partial charge in [0.2, 0.25) is 0 Å². The molecule has 0 radical (unpaired) electrons. The van der Waals surface area contributed by atoms with Gasteiger partial charge in [-0.1, -0.05) is 18.5 Å². The number of methoxy groups -OCH3 is 1. The van der Waals surface area contributed by atoms with E-state index in [1.54, 1.807) is 0 Å². The number of nitrogens with zero attached hydrogens (tertiary/aromatic N) is 1. The summed E-state index contributed by atoms with van der Waals surface area (Å²) in [7, 11) is 3.40. The maximum atomic E-state index is 11.4. The molecule has 1 aliphatic rings. The van der Waals surface area contributed by atoms with Crippen molar-refractivity contribution < 1.29 is 14.3 Å². The van der Waals surface area contributed by atoms with Gasteiger partial charge in [0.05, 0.1) is 13.0 Å². The van der Waals surface area contributed by atoms with Crippen LogP contribution >= 0.6 is 11.6 Å². The van der Waals surface area contributed by atoms with E-state index in [4.69, 9.17) is 21.1 Å². The lowest BCUT2D eigenvalue weighted by Crippen LogP contribution is -2.36. The Morgan fingerprint density at radius 2 is 2.35 bits per heavy atom. The van der Waals surface area contributed by atoms with Gasteiger partial charge < -0.3 is 14.4 Å². The van der Waals surface area contributed by atoms with Crippen LogP contribution in [0, 0.1) is 5.92 Å². The van der Waals surface area contributed by atoms with E-state index in [1.807, 2.05) is 32.2 Å². The van der Waals surface area contributed by atoms with Gasteiger partial charge in [-0.2, -0.15) is 0 Å². The molecule has 1 aromatic carbocycles. The monoisotopic (exact) mass is 297 g/mol. The quantitative estimate of drug-likeness (QED) is 0.782. The number of likely N-dealkylation sites (N-methyl/N-ethyl adjacent to an activating group) is 1. The Hall–Kier alpha value is -1.26. The van der Waals surface area contributed by atoms with Gasteiger partial charge in [-0.05, 0) is 30.8 Å². The third kappa shape index (κ3) is 3.64. The first kappa shape index (κ1) is 15.1. The predicted octanol–water partition coefficient (Wildman–Crippen LogP) is 2.38. The molecule has 2 unspecified atom stereocenters. The molecule has 2 rings (SSSR count). The highest BCUT2D eigenvalue weighted by Gasteiger charge is 2.25. The molecule has 1 aromatic rings. The molecule has 1 aliphatic heterocycles. The molecule has 0 saturated carbocycles. The number of esters is 1. The van der Waals surface area contributed by atoms with Gasteiger partial charge in [0, 0.05) is 24.5 Å². The third-order valence-corrected chi connectivity index (χ3v) is 3.70. The van der Waals surface area contributed by atoms with Gasteiger partial charge in [0.1, 0.15) is 11.9 Å². The molecule has 5 heteroatoms. The van der Waals surface area contributed by atoms with Crippen LogP contribution in [0.1, 0.15) is 12.5 Å². The summed E-state index contributed by atoms with van der Waals surface area (Å²) in [6.07, 6.45) is 0.964. The first-order valence-electron chi connectivity index (χ1n) is 6.71. The fourth-order valence-corrected chi connectivity index (χ4v) is 2.75. The molecule has 0 N–H and O–H groups in total. The van der Waals surface area contributed by atoms with E-state index in [1.165, 1.54) is 7.11 Å². The highest BCUT2D eigenvalue weighted by Crippen LogP contribution is 2.31. The van der Waals surface area contributed by atoms with Crippen LogP contribution in [0.25, 0.3) is 0 Å². The summed E-state index contributed by atoms with van der Waals surface area (Å²) in [5, 5.41) is 0.737. The van der Waals surface area contributed by atoms with Crippen molar-refractivity contribution in [3.63, 3.8) is 0 Å². The van der Waals surface area contributed by atoms with E-state index in [0.29, 0.717) is 6.54 Å². The van der Waals surface area contributed by atoms with Gasteiger partial charge in [-0.25, -0.2) is 0 Å². The van der Waals surface area contributed by atoms with Crippen molar-refractivity contribution in [3.8, 4) is 5.75 Å². The fraction of sp³-hybridized carbons (Fsp3) is 0.533. The van der Waals surface area contributed by atoms with Crippen LogP contribution in [0.5, 0.6) is 5.75 Å². The Morgan fingerprint density at radius 3 is 3.05 bits per heavy atom. The van der Waals surface area contributed by atoms with Gasteiger partial charge >= 0.3 is 5.97 Å². The number of ether oxygens (including phenoxy) is 2. The zero-order chi connectivity index (χ0) is 14.7. The lowest BCUT2D eigenvalue weighted by Gasteiger charge is -2.22. The van der Waals surface area contributed by atoms with Crippen molar-refractivity contribution in [3.05, 3.63) is 28.8 Å². The Labute approximate surface area is 124 Å². The summed E-state index contributed by atoms with van der Waals surface area (Å²) < 4.78 is 10.6. The highest BCUT2D eigenvalue weighted by molar-refractivity contribution is 6.30. The molecule has 110 valence electrons. The standard InChI is InChI=1S/C15H20ClNO3/c1-10(15(18)19-3)8-17(2)9-13-7-11-6-12(16)4-5-14(11)20-13/h4-6,10,13H,7-9H2,1-3H3. The van der Waals surface area contributed by atoms with Gasteiger partial charge in [-0.15, -0.1) is 0 Å². The normalized spacial score (nSPS) is 18.6. The summed E-state index contributed by atoms with van der Waals surface area (Å²) in [6, 6.07) is 5.70. The minimum atomic E-state index is -0.181. The van der Waals surface area contributed by atoms with Crippen molar-refractivity contribution in [1.82, 2.24) is 4.90 Å². The predicted molar refractivity (Wildman–Crippen MR) is 78.2 cm³/mol. The SMILES string of the molecule is COC(=O)C(C)CN(C)CC1Cc2cc(Cl)ccc2O1. The zero-order valence-electron chi connectivity index (χ0n) is 12.1. The minimum Gasteiger partial charge on any atom is -0.488 e. The molecule has 0 amide bonds. The van der Waals surface area contributed by atoms with Crippen molar-refractivity contribution in [2.75, 3.05) is 27.2 Å². The summed E-state index contributed by atoms with van der Waals surface area (Å²) in [5.74, 6) is 0.594. The Balaban J connectivity index is 1.85. The topological polar surface area (TPSA) is 38.8 Å². The summed E-state index contributed by atoms with van der Waals surface area (Å²) in [6.45, 7) is 3.30. The molecule has 0 bridgehead atoms. The van der Waals surface area contributed by atoms with E-state index in [2.05, 4.69) is 4.90 Å². The molecular weight excluding hydrogens is 278 g/mol. The summed E-state index contributed by atoms with van der Waals surface area (Å²) in [4.78, 5) is 13.5. The summed E-state index contributed by atoms with van der Waals surface area (Å²) >= 11 is 5.98. The van der Waals surface area contributed by atoms with Crippen LogP contribution in [0.15, 0.2) is 18.2 Å². The number of carbonyl (C=O) groups excluding carboxylic acids is 1. The number of halogens is 1. The molecule has 0 aromatic heterocycles. The molecule has 0 aliphatic carbocycles. The Kier molecular flexibility index (Phi) is 4.89. The first-order chi connectivity index (χ1) is 9.49. The molecule has 0 spiro atoms. The number of hydrogen-bond acceptors (Lipinski definition) is 4. The van der Waals surface area contributed by atoms with Gasteiger partial charge in [0.25, 0.3) is 0 Å². The molecule has 0 fully saturated rings. The van der Waals surface area contributed by atoms with E-state index in [0.717, 1.165) is 29.3 Å². The number of rotatable bonds is 5. The van der Waals surface area contributed by atoms with Crippen molar-refractivity contribution in [1.29, 1.82) is 0 Å². The molecule has 2 atom stereocenters. The van der Waals surface area contributed by atoms with Crippen LogP contribution in [-0.2, 0) is 16.0 Å². The average Bonchev–Trinajstić information content (AvgIpc) is 2.78. The second kappa shape index (κ2) is 6.46. The molecule has 1 heterocycles. The first-order valence-corrected chi connectivity index (χ1v) is 7.09. The number of carbonyl (C=O) groups is 1. The number of fused-ring (bicyclic) bond motifs is 1. The smallest absolute Gasteiger partial charge is 0.309 e. The van der Waals surface area contributed by atoms with Gasteiger partial charge in [0.15, 0.2) is 0 Å². The largest absolute Gasteiger partial charge is 0.488 e. The van der Waals surface area contributed by atoms with Crippen molar-refractivity contribution in [2.24, 2.45) is 5.92 Å². The fourth-order valence-electron chi connectivity index (χ4n) is 2.56. The third-order valence-electron chi connectivity index (χ3n) is 3.47. The molecule has 4 nitrogen and oxygen atoms in total. The van der Waals surface area contributed by atoms with Gasteiger partial charge in [-0.3, -0.25) is 4.79 Å². The molecule has 20 heavy (non-hydrogen) atoms. The van der Waals surface area contributed by atoms with Crippen LogP contribution in [-0.4, -0.2) is 44.2 Å². The zero-order valence-corrected chi connectivity index (χ0v) is 12.8. The Morgan fingerprint density at radius 1 is 1.60 bits per heavy atom. The van der Waals surface area contributed by atoms with Crippen LogP contribution < -0.4 is 4.74 Å². The lowest BCUT2D eigenvalue weighted by atomic mass is 10.1. The maximum Gasteiger partial charge on any atom is 0.309 e. The van der Waals surface area contributed by atoms with Crippen LogP contribution in [0.3, 0.4) is 0 Å². The lowest BCUT2D eigenvalue weighted by molar-refractivity contribution is -0.145. The number of benzene rings is 1. The average molecular weight is 298 g/mol. The van der Waals surface area contributed by atoms with Crippen molar-refractivity contribution in [2.45, 2.75) is 19.4 Å². The van der Waals surface area contributed by atoms with Crippen molar-refractivity contribution >= 4 is 17.6 Å². The van der Waals surface area contributed by atoms with Crippen LogP contribution in [0.2, 0.25) is 5.02 Å². The highest BCUT2D eigenvalue weighted by atomic mass is 35.5. The second-order valence-electron chi connectivity index (χ2n) is 5.34.